The van der Waals surface area contributed by atoms with Gasteiger partial charge in [0.2, 0.25) is 5.91 Å². The molecule has 0 aliphatic heterocycles. The fraction of sp³-hybridized carbons (Fsp3) is 0.474. The van der Waals surface area contributed by atoms with Gasteiger partial charge in [0, 0.05) is 42.8 Å². The van der Waals surface area contributed by atoms with E-state index in [4.69, 9.17) is 0 Å². The van der Waals surface area contributed by atoms with Crippen LogP contribution in [-0.4, -0.2) is 20.3 Å². The Hall–Kier alpha value is -2.30. The maximum absolute atomic E-state index is 12.0. The van der Waals surface area contributed by atoms with Crippen molar-refractivity contribution in [2.24, 2.45) is 7.05 Å². The van der Waals surface area contributed by atoms with Crippen molar-refractivity contribution >= 4 is 17.8 Å². The lowest BCUT2D eigenvalue weighted by molar-refractivity contribution is -0.111. The molecule has 0 aromatic carbocycles. The predicted octanol–water partition coefficient (Wildman–Crippen LogP) is 4.00. The minimum Gasteiger partial charge on any atom is -0.346 e. The lowest BCUT2D eigenvalue weighted by Crippen LogP contribution is -2.15. The quantitative estimate of drug-likeness (QED) is 0.864. The molecular formula is C19H26N4O. The summed E-state index contributed by atoms with van der Waals surface area (Å²) in [6, 6.07) is 4.57. The van der Waals surface area contributed by atoms with Gasteiger partial charge in [0.15, 0.2) is 5.82 Å². The van der Waals surface area contributed by atoms with E-state index in [1.807, 2.05) is 13.1 Å². The number of aryl methyl sites for hydroxylation is 2. The fourth-order valence-electron chi connectivity index (χ4n) is 3.69. The van der Waals surface area contributed by atoms with Crippen molar-refractivity contribution in [3.63, 3.8) is 0 Å². The van der Waals surface area contributed by atoms with E-state index in [1.165, 1.54) is 43.5 Å². The summed E-state index contributed by atoms with van der Waals surface area (Å²) < 4.78 is 4.12. The summed E-state index contributed by atoms with van der Waals surface area (Å²) in [5.41, 5.74) is 3.65. The van der Waals surface area contributed by atoms with Crippen LogP contribution >= 0.6 is 0 Å². The zero-order chi connectivity index (χ0) is 17.1. The molecule has 0 spiro atoms. The van der Waals surface area contributed by atoms with E-state index in [-0.39, 0.29) is 5.91 Å². The molecule has 0 radical (unpaired) electrons. The molecule has 5 nitrogen and oxygen atoms in total. The molecule has 1 aliphatic carbocycles. The number of anilines is 1. The van der Waals surface area contributed by atoms with Crippen molar-refractivity contribution in [1.82, 2.24) is 14.3 Å². The first-order valence-electron chi connectivity index (χ1n) is 8.72. The van der Waals surface area contributed by atoms with Crippen molar-refractivity contribution in [3.05, 3.63) is 41.4 Å². The van der Waals surface area contributed by atoms with E-state index in [2.05, 4.69) is 34.9 Å². The topological polar surface area (TPSA) is 51.9 Å². The van der Waals surface area contributed by atoms with Gasteiger partial charge < -0.3 is 9.88 Å². The first kappa shape index (κ1) is 16.6. The van der Waals surface area contributed by atoms with Crippen LogP contribution in [0.1, 0.15) is 55.1 Å². The van der Waals surface area contributed by atoms with Crippen LogP contribution in [-0.2, 0) is 11.8 Å². The molecular weight excluding hydrogens is 300 g/mol. The molecule has 1 saturated carbocycles. The van der Waals surface area contributed by atoms with Gasteiger partial charge in [-0.15, -0.1) is 0 Å². The van der Waals surface area contributed by atoms with Gasteiger partial charge in [-0.25, -0.2) is 0 Å². The van der Waals surface area contributed by atoms with Gasteiger partial charge in [-0.3, -0.25) is 9.48 Å². The van der Waals surface area contributed by atoms with Crippen molar-refractivity contribution in [2.75, 3.05) is 5.32 Å². The average molecular weight is 326 g/mol. The zero-order valence-electron chi connectivity index (χ0n) is 14.7. The first-order chi connectivity index (χ1) is 11.5. The molecule has 0 bridgehead atoms. The van der Waals surface area contributed by atoms with Crippen LogP contribution in [0, 0.1) is 13.8 Å². The summed E-state index contributed by atoms with van der Waals surface area (Å²) in [6.07, 6.45) is 11.8. The Bertz CT molecular complexity index is 748. The van der Waals surface area contributed by atoms with Gasteiger partial charge in [-0.2, -0.15) is 5.10 Å². The van der Waals surface area contributed by atoms with Crippen LogP contribution in [0.5, 0.6) is 0 Å². The molecule has 1 amide bonds. The summed E-state index contributed by atoms with van der Waals surface area (Å²) in [4.78, 5) is 12.0. The van der Waals surface area contributed by atoms with Crippen LogP contribution in [0.3, 0.4) is 0 Å². The molecule has 0 unspecified atom stereocenters. The number of amides is 1. The maximum Gasteiger partial charge on any atom is 0.249 e. The third-order valence-electron chi connectivity index (χ3n) is 4.84. The summed E-state index contributed by atoms with van der Waals surface area (Å²) in [6.45, 7) is 4.31. The SMILES string of the molecule is Cc1cc(C=CC(=O)Nc2ccn(C)n2)c(C)n1C1CCCCC1. The van der Waals surface area contributed by atoms with Gasteiger partial charge >= 0.3 is 0 Å². The molecule has 0 saturated heterocycles. The van der Waals surface area contributed by atoms with E-state index in [0.717, 1.165) is 5.56 Å². The molecule has 1 aliphatic rings. The summed E-state index contributed by atoms with van der Waals surface area (Å²) in [5, 5.41) is 6.92. The second-order valence-electron chi connectivity index (χ2n) is 6.69. The number of hydrogen-bond acceptors (Lipinski definition) is 2. The van der Waals surface area contributed by atoms with Crippen LogP contribution in [0.15, 0.2) is 24.4 Å². The van der Waals surface area contributed by atoms with Crippen molar-refractivity contribution < 1.29 is 4.79 Å². The number of carbonyl (C=O) groups excluding carboxylic acids is 1. The molecule has 3 rings (SSSR count). The van der Waals surface area contributed by atoms with Crippen molar-refractivity contribution in [2.45, 2.75) is 52.0 Å². The molecule has 2 heterocycles. The highest BCUT2D eigenvalue weighted by Gasteiger charge is 2.19. The van der Waals surface area contributed by atoms with E-state index in [9.17, 15) is 4.79 Å². The third-order valence-corrected chi connectivity index (χ3v) is 4.84. The van der Waals surface area contributed by atoms with Gasteiger partial charge in [-0.05, 0) is 44.4 Å². The van der Waals surface area contributed by atoms with E-state index < -0.39 is 0 Å². The summed E-state index contributed by atoms with van der Waals surface area (Å²) in [7, 11) is 1.83. The summed E-state index contributed by atoms with van der Waals surface area (Å²) in [5.74, 6) is 0.413. The van der Waals surface area contributed by atoms with Crippen LogP contribution in [0.4, 0.5) is 5.82 Å². The van der Waals surface area contributed by atoms with Gasteiger partial charge in [0.05, 0.1) is 0 Å². The van der Waals surface area contributed by atoms with E-state index in [1.54, 1.807) is 23.0 Å². The van der Waals surface area contributed by atoms with Gasteiger partial charge in [0.25, 0.3) is 0 Å². The number of nitrogens with one attached hydrogen (secondary N) is 1. The van der Waals surface area contributed by atoms with Crippen LogP contribution < -0.4 is 5.32 Å². The Kier molecular flexibility index (Phi) is 4.88. The Morgan fingerprint density at radius 1 is 1.29 bits per heavy atom. The lowest BCUT2D eigenvalue weighted by Gasteiger charge is -2.26. The number of hydrogen-bond donors (Lipinski definition) is 1. The van der Waals surface area contributed by atoms with Crippen LogP contribution in [0.25, 0.3) is 6.08 Å². The number of aromatic nitrogens is 3. The third kappa shape index (κ3) is 3.61. The van der Waals surface area contributed by atoms with E-state index in [0.29, 0.717) is 11.9 Å². The fourth-order valence-corrected chi connectivity index (χ4v) is 3.69. The Labute approximate surface area is 143 Å². The Balaban J connectivity index is 1.71. The molecule has 1 fully saturated rings. The molecule has 128 valence electrons. The smallest absolute Gasteiger partial charge is 0.249 e. The second kappa shape index (κ2) is 7.07. The predicted molar refractivity (Wildman–Crippen MR) is 96.9 cm³/mol. The van der Waals surface area contributed by atoms with Crippen molar-refractivity contribution in [1.29, 1.82) is 0 Å². The standard InChI is InChI=1S/C19H26N4O/c1-14-13-16(15(2)23(14)17-7-5-4-6-8-17)9-10-19(24)20-18-11-12-22(3)21-18/h9-13,17H,4-8H2,1-3H3,(H,20,21,24). The number of carbonyl (C=O) groups is 1. The monoisotopic (exact) mass is 326 g/mol. The average Bonchev–Trinajstić information content (AvgIpc) is 3.09. The summed E-state index contributed by atoms with van der Waals surface area (Å²) >= 11 is 0. The van der Waals surface area contributed by atoms with Gasteiger partial charge in [-0.1, -0.05) is 19.3 Å². The van der Waals surface area contributed by atoms with E-state index >= 15 is 0 Å². The number of nitrogens with zero attached hydrogens (tertiary/aromatic N) is 3. The second-order valence-corrected chi connectivity index (χ2v) is 6.69. The highest BCUT2D eigenvalue weighted by atomic mass is 16.1. The van der Waals surface area contributed by atoms with Crippen molar-refractivity contribution in [3.8, 4) is 0 Å². The first-order valence-corrected chi connectivity index (χ1v) is 8.72. The Morgan fingerprint density at radius 3 is 2.71 bits per heavy atom. The molecule has 1 N–H and O–H groups in total. The highest BCUT2D eigenvalue weighted by molar-refractivity contribution is 6.01. The molecule has 5 heteroatoms. The maximum atomic E-state index is 12.0. The molecule has 2 aromatic heterocycles. The normalized spacial score (nSPS) is 16.0. The zero-order valence-corrected chi connectivity index (χ0v) is 14.7. The molecule has 0 atom stereocenters. The Morgan fingerprint density at radius 2 is 2.04 bits per heavy atom. The lowest BCUT2D eigenvalue weighted by atomic mass is 9.95. The minimum absolute atomic E-state index is 0.156. The number of rotatable bonds is 4. The van der Waals surface area contributed by atoms with Gasteiger partial charge in [0.1, 0.15) is 0 Å². The largest absolute Gasteiger partial charge is 0.346 e. The highest BCUT2D eigenvalue weighted by Crippen LogP contribution is 2.32. The minimum atomic E-state index is -0.156. The molecule has 2 aromatic rings. The molecule has 24 heavy (non-hydrogen) atoms. The van der Waals surface area contributed by atoms with Crippen LogP contribution in [0.2, 0.25) is 0 Å².